The molecule has 4 rings (SSSR count). The van der Waals surface area contributed by atoms with Crippen molar-refractivity contribution in [2.45, 2.75) is 13.8 Å². The number of nitrogens with one attached hydrogen (secondary N) is 2. The molecule has 3 aromatic carbocycles. The lowest BCUT2D eigenvalue weighted by molar-refractivity contribution is -0.115. The van der Waals surface area contributed by atoms with Crippen molar-refractivity contribution in [1.82, 2.24) is 9.97 Å². The van der Waals surface area contributed by atoms with E-state index in [0.29, 0.717) is 11.5 Å². The summed E-state index contributed by atoms with van der Waals surface area (Å²) in [7, 11) is 0. The minimum absolute atomic E-state index is 0.119. The summed E-state index contributed by atoms with van der Waals surface area (Å²) in [6, 6.07) is 22.9. The number of carbonyl (C=O) groups excluding carboxylic acids is 2. The summed E-state index contributed by atoms with van der Waals surface area (Å²) in [5.41, 5.74) is 4.78. The first-order valence-corrected chi connectivity index (χ1v) is 9.52. The lowest BCUT2D eigenvalue weighted by atomic mass is 10.0. The van der Waals surface area contributed by atoms with E-state index in [1.165, 1.54) is 13.8 Å². The molecule has 0 bridgehead atoms. The van der Waals surface area contributed by atoms with Gasteiger partial charge in [-0.3, -0.25) is 9.59 Å². The number of hydrogen-bond donors (Lipinski definition) is 2. The molecule has 2 N–H and O–H groups in total. The molecule has 0 fully saturated rings. The monoisotopic (exact) mass is 396 g/mol. The molecule has 30 heavy (non-hydrogen) atoms. The summed E-state index contributed by atoms with van der Waals surface area (Å²) in [4.78, 5) is 32.3. The molecule has 1 heterocycles. The molecule has 0 atom stereocenters. The lowest BCUT2D eigenvalue weighted by Gasteiger charge is -2.11. The van der Waals surface area contributed by atoms with Crippen LogP contribution in [0.4, 0.5) is 11.4 Å². The fraction of sp³-hybridized carbons (Fsp3) is 0.0833. The number of amides is 2. The number of anilines is 2. The van der Waals surface area contributed by atoms with Crippen LogP contribution in [0.15, 0.2) is 72.8 Å². The Morgan fingerprint density at radius 2 is 1.33 bits per heavy atom. The van der Waals surface area contributed by atoms with Crippen molar-refractivity contribution in [3.63, 3.8) is 0 Å². The summed E-state index contributed by atoms with van der Waals surface area (Å²) < 4.78 is 0. The number of benzene rings is 3. The van der Waals surface area contributed by atoms with Gasteiger partial charge in [0.25, 0.3) is 0 Å². The van der Waals surface area contributed by atoms with E-state index < -0.39 is 0 Å². The van der Waals surface area contributed by atoms with Gasteiger partial charge in [0.05, 0.1) is 11.2 Å². The Morgan fingerprint density at radius 1 is 0.700 bits per heavy atom. The van der Waals surface area contributed by atoms with Gasteiger partial charge in [0.1, 0.15) is 0 Å². The van der Waals surface area contributed by atoms with Gasteiger partial charge in [-0.2, -0.15) is 0 Å². The van der Waals surface area contributed by atoms with E-state index in [1.807, 2.05) is 72.8 Å². The van der Waals surface area contributed by atoms with Gasteiger partial charge in [-0.15, -0.1) is 0 Å². The van der Waals surface area contributed by atoms with Crippen molar-refractivity contribution in [2.24, 2.45) is 0 Å². The van der Waals surface area contributed by atoms with Crippen LogP contribution in [0, 0.1) is 0 Å². The SMILES string of the molecule is CC(=O)Nc1ccc(-c2nc(-c3ccccc3)c3cc(NC(C)=O)ccc3n2)cc1. The van der Waals surface area contributed by atoms with Crippen molar-refractivity contribution in [3.8, 4) is 22.6 Å². The summed E-state index contributed by atoms with van der Waals surface area (Å²) in [5.74, 6) is 0.335. The topological polar surface area (TPSA) is 84.0 Å². The average molecular weight is 396 g/mol. The molecule has 0 aliphatic carbocycles. The average Bonchev–Trinajstić information content (AvgIpc) is 2.73. The van der Waals surface area contributed by atoms with Crippen LogP contribution in [-0.2, 0) is 9.59 Å². The van der Waals surface area contributed by atoms with Crippen molar-refractivity contribution >= 4 is 34.1 Å². The van der Waals surface area contributed by atoms with Crippen LogP contribution in [0.1, 0.15) is 13.8 Å². The zero-order chi connectivity index (χ0) is 21.1. The molecule has 4 aromatic rings. The highest BCUT2D eigenvalue weighted by atomic mass is 16.2. The van der Waals surface area contributed by atoms with Gasteiger partial charge < -0.3 is 10.6 Å². The van der Waals surface area contributed by atoms with E-state index >= 15 is 0 Å². The highest BCUT2D eigenvalue weighted by molar-refractivity contribution is 5.98. The molecule has 2 amide bonds. The van der Waals surface area contributed by atoms with Crippen molar-refractivity contribution in [1.29, 1.82) is 0 Å². The first-order valence-electron chi connectivity index (χ1n) is 9.52. The number of hydrogen-bond acceptors (Lipinski definition) is 4. The smallest absolute Gasteiger partial charge is 0.221 e. The molecular formula is C24H20N4O2. The summed E-state index contributed by atoms with van der Waals surface area (Å²) in [6.45, 7) is 2.95. The van der Waals surface area contributed by atoms with E-state index in [1.54, 1.807) is 0 Å². The van der Waals surface area contributed by atoms with Crippen LogP contribution < -0.4 is 10.6 Å². The van der Waals surface area contributed by atoms with Gasteiger partial charge in [0, 0.05) is 41.7 Å². The number of nitrogens with zero attached hydrogens (tertiary/aromatic N) is 2. The van der Waals surface area contributed by atoms with E-state index in [0.717, 1.165) is 33.4 Å². The highest BCUT2D eigenvalue weighted by Crippen LogP contribution is 2.31. The summed E-state index contributed by atoms with van der Waals surface area (Å²) >= 11 is 0. The largest absolute Gasteiger partial charge is 0.326 e. The minimum atomic E-state index is -0.132. The zero-order valence-corrected chi connectivity index (χ0v) is 16.6. The first kappa shape index (κ1) is 19.3. The molecule has 6 nitrogen and oxygen atoms in total. The zero-order valence-electron chi connectivity index (χ0n) is 16.6. The number of carbonyl (C=O) groups is 2. The van der Waals surface area contributed by atoms with Crippen LogP contribution in [0.5, 0.6) is 0 Å². The Morgan fingerprint density at radius 3 is 2.00 bits per heavy atom. The standard InChI is InChI=1S/C24H20N4O2/c1-15(29)25-19-10-8-18(9-11-19)24-27-22-13-12-20(26-16(2)30)14-21(22)23(28-24)17-6-4-3-5-7-17/h3-14H,1-2H3,(H,25,29)(H,26,30). The van der Waals surface area contributed by atoms with Crippen LogP contribution in [0.2, 0.25) is 0 Å². The highest BCUT2D eigenvalue weighted by Gasteiger charge is 2.12. The fourth-order valence-electron chi connectivity index (χ4n) is 3.26. The Balaban J connectivity index is 1.86. The number of fused-ring (bicyclic) bond motifs is 1. The molecule has 1 aromatic heterocycles. The van der Waals surface area contributed by atoms with Gasteiger partial charge >= 0.3 is 0 Å². The lowest BCUT2D eigenvalue weighted by Crippen LogP contribution is -2.06. The van der Waals surface area contributed by atoms with Gasteiger partial charge in [-0.1, -0.05) is 30.3 Å². The summed E-state index contributed by atoms with van der Waals surface area (Å²) in [5, 5.41) is 6.43. The molecule has 0 spiro atoms. The molecule has 0 saturated carbocycles. The van der Waals surface area contributed by atoms with Crippen molar-refractivity contribution < 1.29 is 9.59 Å². The molecule has 0 unspecified atom stereocenters. The van der Waals surface area contributed by atoms with Crippen molar-refractivity contribution in [2.75, 3.05) is 10.6 Å². The van der Waals surface area contributed by atoms with Crippen LogP contribution in [-0.4, -0.2) is 21.8 Å². The maximum Gasteiger partial charge on any atom is 0.221 e. The number of rotatable bonds is 4. The van der Waals surface area contributed by atoms with Crippen molar-refractivity contribution in [3.05, 3.63) is 72.8 Å². The third-order valence-corrected chi connectivity index (χ3v) is 4.53. The maximum absolute atomic E-state index is 11.5. The molecule has 0 aliphatic heterocycles. The second-order valence-electron chi connectivity index (χ2n) is 6.93. The van der Waals surface area contributed by atoms with E-state index in [-0.39, 0.29) is 11.8 Å². The van der Waals surface area contributed by atoms with Gasteiger partial charge in [-0.05, 0) is 42.5 Å². The Hall–Kier alpha value is -4.06. The Kier molecular flexibility index (Phi) is 5.22. The van der Waals surface area contributed by atoms with Gasteiger partial charge in [0.2, 0.25) is 11.8 Å². The molecular weight excluding hydrogens is 376 g/mol. The number of aromatic nitrogens is 2. The van der Waals surface area contributed by atoms with Crippen LogP contribution in [0.25, 0.3) is 33.5 Å². The van der Waals surface area contributed by atoms with Gasteiger partial charge in [0.15, 0.2) is 5.82 Å². The summed E-state index contributed by atoms with van der Waals surface area (Å²) in [6.07, 6.45) is 0. The van der Waals surface area contributed by atoms with Crippen LogP contribution in [0.3, 0.4) is 0 Å². The Labute approximate surface area is 174 Å². The predicted molar refractivity (Wildman–Crippen MR) is 119 cm³/mol. The molecule has 0 radical (unpaired) electrons. The Bertz CT molecular complexity index is 1240. The van der Waals surface area contributed by atoms with Crippen LogP contribution >= 0.6 is 0 Å². The molecule has 0 saturated heterocycles. The third-order valence-electron chi connectivity index (χ3n) is 4.53. The predicted octanol–water partition coefficient (Wildman–Crippen LogP) is 4.88. The third kappa shape index (κ3) is 4.17. The minimum Gasteiger partial charge on any atom is -0.326 e. The quantitative estimate of drug-likeness (QED) is 0.515. The van der Waals surface area contributed by atoms with Gasteiger partial charge in [-0.25, -0.2) is 9.97 Å². The first-order chi connectivity index (χ1) is 14.5. The second-order valence-corrected chi connectivity index (χ2v) is 6.93. The second kappa shape index (κ2) is 8.13. The van der Waals surface area contributed by atoms with E-state index in [2.05, 4.69) is 10.6 Å². The molecule has 6 heteroatoms. The van der Waals surface area contributed by atoms with E-state index in [4.69, 9.17) is 9.97 Å². The molecule has 0 aliphatic rings. The van der Waals surface area contributed by atoms with E-state index in [9.17, 15) is 9.59 Å². The normalized spacial score (nSPS) is 10.6. The maximum atomic E-state index is 11.5. The molecule has 148 valence electrons. The fourth-order valence-corrected chi connectivity index (χ4v) is 3.26.